The third-order valence-corrected chi connectivity index (χ3v) is 3.69. The molecule has 2 nitrogen and oxygen atoms in total. The number of nitrogens with zero attached hydrogens (tertiary/aromatic N) is 1. The van der Waals surface area contributed by atoms with Gasteiger partial charge in [-0.1, -0.05) is 42.0 Å². The van der Waals surface area contributed by atoms with E-state index < -0.39 is 0 Å². The molecule has 0 aliphatic carbocycles. The summed E-state index contributed by atoms with van der Waals surface area (Å²) in [5.41, 5.74) is 5.02. The number of hydrogen-bond donors (Lipinski definition) is 0. The Balaban J connectivity index is 1.95. The van der Waals surface area contributed by atoms with Gasteiger partial charge in [0.05, 0.1) is 7.11 Å². The van der Waals surface area contributed by atoms with E-state index in [1.54, 1.807) is 7.11 Å². The monoisotopic (exact) mass is 265 g/mol. The lowest BCUT2D eigenvalue weighted by Gasteiger charge is -2.30. The first-order chi connectivity index (χ1) is 9.78. The zero-order chi connectivity index (χ0) is 13.9. The first-order valence-electron chi connectivity index (χ1n) is 6.92. The van der Waals surface area contributed by atoms with Crippen molar-refractivity contribution in [3.8, 4) is 0 Å². The van der Waals surface area contributed by atoms with Crippen LogP contribution in [0.2, 0.25) is 0 Å². The molecule has 0 fully saturated rings. The topological polar surface area (TPSA) is 12.5 Å². The van der Waals surface area contributed by atoms with Crippen LogP contribution in [0.3, 0.4) is 0 Å². The molecule has 3 rings (SSSR count). The van der Waals surface area contributed by atoms with E-state index >= 15 is 0 Å². The summed E-state index contributed by atoms with van der Waals surface area (Å²) in [6.07, 6.45) is 2.16. The Morgan fingerprint density at radius 1 is 1.10 bits per heavy atom. The molecule has 0 saturated carbocycles. The molecule has 20 heavy (non-hydrogen) atoms. The lowest BCUT2D eigenvalue weighted by atomic mass is 10.0. The van der Waals surface area contributed by atoms with Crippen LogP contribution >= 0.6 is 0 Å². The van der Waals surface area contributed by atoms with Crippen LogP contribution in [0, 0.1) is 6.92 Å². The van der Waals surface area contributed by atoms with Crippen molar-refractivity contribution < 1.29 is 4.74 Å². The van der Waals surface area contributed by atoms with E-state index in [0.29, 0.717) is 0 Å². The van der Waals surface area contributed by atoms with Crippen molar-refractivity contribution >= 4 is 11.4 Å². The molecule has 2 aromatic carbocycles. The summed E-state index contributed by atoms with van der Waals surface area (Å²) in [6, 6.07) is 17.1. The van der Waals surface area contributed by atoms with Gasteiger partial charge in [0.1, 0.15) is 5.76 Å². The number of benzene rings is 2. The van der Waals surface area contributed by atoms with Crippen molar-refractivity contribution in [1.82, 2.24) is 0 Å². The average molecular weight is 265 g/mol. The molecule has 102 valence electrons. The van der Waals surface area contributed by atoms with Crippen molar-refractivity contribution in [2.24, 2.45) is 0 Å². The maximum atomic E-state index is 5.51. The quantitative estimate of drug-likeness (QED) is 0.831. The minimum atomic E-state index is 0.883. The van der Waals surface area contributed by atoms with Gasteiger partial charge in [0, 0.05) is 24.3 Å². The first-order valence-corrected chi connectivity index (χ1v) is 6.92. The van der Waals surface area contributed by atoms with E-state index in [-0.39, 0.29) is 0 Å². The predicted octanol–water partition coefficient (Wildman–Crippen LogP) is 4.00. The minimum absolute atomic E-state index is 0.883. The summed E-state index contributed by atoms with van der Waals surface area (Å²) in [7, 11) is 1.74. The van der Waals surface area contributed by atoms with Crippen LogP contribution in [-0.2, 0) is 11.3 Å². The average Bonchev–Trinajstić information content (AvgIpc) is 2.48. The van der Waals surface area contributed by atoms with Crippen molar-refractivity contribution in [2.75, 3.05) is 18.6 Å². The standard InChI is InChI=1S/C18H19NO/c1-14-8-9-17-16(12-14)18(20-2)10-11-19(17)13-15-6-4-3-5-7-15/h3-10,12H,11,13H2,1-2H3. The highest BCUT2D eigenvalue weighted by Crippen LogP contribution is 2.33. The fourth-order valence-electron chi connectivity index (χ4n) is 2.67. The van der Waals surface area contributed by atoms with Crippen LogP contribution < -0.4 is 4.90 Å². The van der Waals surface area contributed by atoms with Gasteiger partial charge in [-0.2, -0.15) is 0 Å². The highest BCUT2D eigenvalue weighted by molar-refractivity contribution is 5.77. The molecule has 0 unspecified atom stereocenters. The number of ether oxygens (including phenoxy) is 1. The lowest BCUT2D eigenvalue weighted by Crippen LogP contribution is -2.26. The maximum Gasteiger partial charge on any atom is 0.125 e. The molecule has 0 spiro atoms. The second-order valence-corrected chi connectivity index (χ2v) is 5.16. The Hall–Kier alpha value is -2.22. The molecule has 0 radical (unpaired) electrons. The highest BCUT2D eigenvalue weighted by atomic mass is 16.5. The molecular weight excluding hydrogens is 246 g/mol. The maximum absolute atomic E-state index is 5.51. The first kappa shape index (κ1) is 12.8. The fourth-order valence-corrected chi connectivity index (χ4v) is 2.67. The van der Waals surface area contributed by atoms with Crippen LogP contribution in [0.5, 0.6) is 0 Å². The zero-order valence-corrected chi connectivity index (χ0v) is 12.0. The van der Waals surface area contributed by atoms with Crippen LogP contribution in [0.4, 0.5) is 5.69 Å². The van der Waals surface area contributed by atoms with Crippen molar-refractivity contribution in [1.29, 1.82) is 0 Å². The number of hydrogen-bond acceptors (Lipinski definition) is 2. The summed E-state index contributed by atoms with van der Waals surface area (Å²) < 4.78 is 5.51. The predicted molar refractivity (Wildman–Crippen MR) is 83.7 cm³/mol. The molecule has 0 aromatic heterocycles. The normalized spacial score (nSPS) is 13.7. The SMILES string of the molecule is COC1=CCN(Cc2ccccc2)c2ccc(C)cc21. The molecule has 2 aromatic rings. The zero-order valence-electron chi connectivity index (χ0n) is 12.0. The molecule has 0 bridgehead atoms. The number of aryl methyl sites for hydroxylation is 1. The largest absolute Gasteiger partial charge is 0.496 e. The fraction of sp³-hybridized carbons (Fsp3) is 0.222. The second kappa shape index (κ2) is 5.41. The summed E-state index contributed by atoms with van der Waals surface area (Å²) >= 11 is 0. The van der Waals surface area contributed by atoms with Crippen LogP contribution in [0.25, 0.3) is 5.76 Å². The van der Waals surface area contributed by atoms with Crippen molar-refractivity contribution in [3.05, 3.63) is 71.3 Å². The summed E-state index contributed by atoms with van der Waals surface area (Å²) in [5.74, 6) is 0.980. The van der Waals surface area contributed by atoms with Crippen molar-refractivity contribution in [3.63, 3.8) is 0 Å². The highest BCUT2D eigenvalue weighted by Gasteiger charge is 2.19. The van der Waals surface area contributed by atoms with Gasteiger partial charge in [0.15, 0.2) is 0 Å². The number of fused-ring (bicyclic) bond motifs is 1. The molecule has 1 aliphatic heterocycles. The van der Waals surface area contributed by atoms with Gasteiger partial charge in [0.25, 0.3) is 0 Å². The summed E-state index contributed by atoms with van der Waals surface area (Å²) in [4.78, 5) is 2.38. The summed E-state index contributed by atoms with van der Waals surface area (Å²) in [6.45, 7) is 3.92. The van der Waals surface area contributed by atoms with Crippen LogP contribution in [0.1, 0.15) is 16.7 Å². The molecule has 2 heteroatoms. The van der Waals surface area contributed by atoms with E-state index in [0.717, 1.165) is 18.8 Å². The van der Waals surface area contributed by atoms with Crippen LogP contribution in [-0.4, -0.2) is 13.7 Å². The number of methoxy groups -OCH3 is 1. The number of rotatable bonds is 3. The molecule has 0 saturated heterocycles. The Morgan fingerprint density at radius 2 is 1.90 bits per heavy atom. The van der Waals surface area contributed by atoms with Gasteiger partial charge in [0.2, 0.25) is 0 Å². The van der Waals surface area contributed by atoms with Gasteiger partial charge in [-0.25, -0.2) is 0 Å². The number of anilines is 1. The van der Waals surface area contributed by atoms with Crippen LogP contribution in [0.15, 0.2) is 54.6 Å². The Kier molecular flexibility index (Phi) is 3.46. The molecule has 0 amide bonds. The Morgan fingerprint density at radius 3 is 2.65 bits per heavy atom. The molecule has 1 heterocycles. The smallest absolute Gasteiger partial charge is 0.125 e. The van der Waals surface area contributed by atoms with Crippen molar-refractivity contribution in [2.45, 2.75) is 13.5 Å². The lowest BCUT2D eigenvalue weighted by molar-refractivity contribution is 0.368. The Bertz CT molecular complexity index is 631. The van der Waals surface area contributed by atoms with Gasteiger partial charge in [-0.15, -0.1) is 0 Å². The van der Waals surface area contributed by atoms with E-state index in [1.807, 2.05) is 0 Å². The molecule has 1 aliphatic rings. The molecule has 0 N–H and O–H groups in total. The van der Waals surface area contributed by atoms with E-state index in [1.165, 1.54) is 22.4 Å². The van der Waals surface area contributed by atoms with Gasteiger partial charge >= 0.3 is 0 Å². The molecular formula is C18H19NO. The van der Waals surface area contributed by atoms with Gasteiger partial charge in [-0.05, 0) is 30.7 Å². The van der Waals surface area contributed by atoms with Gasteiger partial charge in [-0.3, -0.25) is 0 Å². The Labute approximate surface area is 120 Å². The van der Waals surface area contributed by atoms with Gasteiger partial charge < -0.3 is 9.64 Å². The second-order valence-electron chi connectivity index (χ2n) is 5.16. The van der Waals surface area contributed by atoms with E-state index in [9.17, 15) is 0 Å². The minimum Gasteiger partial charge on any atom is -0.496 e. The molecule has 0 atom stereocenters. The van der Waals surface area contributed by atoms with E-state index in [4.69, 9.17) is 4.74 Å². The third kappa shape index (κ3) is 2.42. The summed E-state index contributed by atoms with van der Waals surface area (Å²) in [5, 5.41) is 0. The van der Waals surface area contributed by atoms with E-state index in [2.05, 4.69) is 66.4 Å². The third-order valence-electron chi connectivity index (χ3n) is 3.69.